The smallest absolute Gasteiger partial charge is 0.320 e. The number of aliphatic hydroxyl groups is 1. The van der Waals surface area contributed by atoms with E-state index in [1.54, 1.807) is 12.1 Å². The lowest BCUT2D eigenvalue weighted by Gasteiger charge is -2.31. The van der Waals surface area contributed by atoms with Gasteiger partial charge >= 0.3 is 6.03 Å². The van der Waals surface area contributed by atoms with Crippen molar-refractivity contribution in [3.8, 4) is 0 Å². The van der Waals surface area contributed by atoms with Crippen molar-refractivity contribution in [1.29, 1.82) is 0 Å². The Hall–Kier alpha value is -2.49. The van der Waals surface area contributed by atoms with Gasteiger partial charge in [-0.25, -0.2) is 4.79 Å². The molecule has 8 heteroatoms. The molecule has 31 heavy (non-hydrogen) atoms. The third-order valence-corrected chi connectivity index (χ3v) is 4.82. The number of carbonyl (C=O) groups excluding carboxylic acids is 1. The number of nitrogens with one attached hydrogen (secondary N) is 3. The van der Waals surface area contributed by atoms with Gasteiger partial charge in [-0.1, -0.05) is 55.5 Å². The van der Waals surface area contributed by atoms with E-state index in [9.17, 15) is 9.90 Å². The molecule has 0 saturated carbocycles. The molecule has 0 radical (unpaired) electrons. The molecule has 1 heterocycles. The molecule has 1 fully saturated rings. The summed E-state index contributed by atoms with van der Waals surface area (Å²) in [6.07, 6.45) is -1.44. The van der Waals surface area contributed by atoms with Gasteiger partial charge in [-0.3, -0.25) is 5.32 Å². The quantitative estimate of drug-likeness (QED) is 0.432. The summed E-state index contributed by atoms with van der Waals surface area (Å²) >= 11 is 0. The van der Waals surface area contributed by atoms with Crippen LogP contribution in [0, 0.1) is 0 Å². The highest BCUT2D eigenvalue weighted by Crippen LogP contribution is 2.14. The number of aliphatic hydroxyl groups excluding tert-OH is 1. The molecule has 0 bridgehead atoms. The van der Waals surface area contributed by atoms with E-state index < -0.39 is 24.6 Å². The highest BCUT2D eigenvalue weighted by Gasteiger charge is 2.26. The second-order valence-electron chi connectivity index (χ2n) is 7.31. The van der Waals surface area contributed by atoms with Crippen LogP contribution in [0.3, 0.4) is 0 Å². The number of rotatable bonds is 10. The van der Waals surface area contributed by atoms with Gasteiger partial charge in [-0.05, 0) is 24.2 Å². The Morgan fingerprint density at radius 2 is 1.81 bits per heavy atom. The molecule has 0 aliphatic carbocycles. The maximum atomic E-state index is 12.2. The van der Waals surface area contributed by atoms with Crippen molar-refractivity contribution in [2.45, 2.75) is 38.0 Å². The monoisotopic (exact) mass is 429 g/mol. The lowest BCUT2D eigenvalue weighted by atomic mass is 10.1. The summed E-state index contributed by atoms with van der Waals surface area (Å²) in [6, 6.07) is 18.8. The lowest BCUT2D eigenvalue weighted by Crippen LogP contribution is -2.55. The molecular formula is C23H31N3O5. The summed E-state index contributed by atoms with van der Waals surface area (Å²) in [5.41, 5.74) is 1.86. The molecule has 4 unspecified atom stereocenters. The lowest BCUT2D eigenvalue weighted by molar-refractivity contribution is -0.241. The predicted octanol–water partition coefficient (Wildman–Crippen LogP) is 2.11. The number of likely N-dealkylation sites (N-methyl/N-ethyl adjacent to an activating group) is 1. The molecule has 4 N–H and O–H groups in total. The number of hydrogen-bond acceptors (Lipinski definition) is 6. The zero-order valence-electron chi connectivity index (χ0n) is 17.7. The first-order valence-corrected chi connectivity index (χ1v) is 10.6. The van der Waals surface area contributed by atoms with E-state index in [-0.39, 0.29) is 19.3 Å². The number of ether oxygens (including phenoxy) is 3. The minimum absolute atomic E-state index is 0.0132. The van der Waals surface area contributed by atoms with Gasteiger partial charge < -0.3 is 30.0 Å². The normalized spacial score (nSPS) is 20.6. The van der Waals surface area contributed by atoms with Crippen LogP contribution < -0.4 is 16.0 Å². The van der Waals surface area contributed by atoms with Gasteiger partial charge in [-0.15, -0.1) is 0 Å². The number of hydrogen-bond donors (Lipinski definition) is 4. The van der Waals surface area contributed by atoms with Gasteiger partial charge in [0.15, 0.2) is 6.29 Å². The molecule has 1 aliphatic rings. The molecule has 0 spiro atoms. The Kier molecular flexibility index (Phi) is 9.26. The molecule has 1 saturated heterocycles. The predicted molar refractivity (Wildman–Crippen MR) is 118 cm³/mol. The number of carbonyl (C=O) groups is 1. The Labute approximate surface area is 182 Å². The molecule has 168 valence electrons. The van der Waals surface area contributed by atoms with Crippen molar-refractivity contribution in [3.63, 3.8) is 0 Å². The van der Waals surface area contributed by atoms with Crippen molar-refractivity contribution >= 4 is 11.7 Å². The Morgan fingerprint density at radius 3 is 2.45 bits per heavy atom. The van der Waals surface area contributed by atoms with E-state index in [2.05, 4.69) is 28.1 Å². The minimum atomic E-state index is -0.966. The van der Waals surface area contributed by atoms with E-state index in [0.717, 1.165) is 6.42 Å². The van der Waals surface area contributed by atoms with Crippen LogP contribution in [-0.4, -0.2) is 62.2 Å². The van der Waals surface area contributed by atoms with Crippen molar-refractivity contribution in [2.75, 3.05) is 31.7 Å². The molecule has 2 amide bonds. The van der Waals surface area contributed by atoms with E-state index in [1.165, 1.54) is 5.56 Å². The van der Waals surface area contributed by atoms with Gasteiger partial charge in [0, 0.05) is 12.1 Å². The maximum absolute atomic E-state index is 12.2. The number of urea groups is 1. The summed E-state index contributed by atoms with van der Waals surface area (Å²) in [6.45, 7) is 3.16. The van der Waals surface area contributed by atoms with Crippen molar-refractivity contribution in [1.82, 2.24) is 10.6 Å². The number of amides is 2. The van der Waals surface area contributed by atoms with Crippen LogP contribution in [0.5, 0.6) is 0 Å². The van der Waals surface area contributed by atoms with Gasteiger partial charge in [0.1, 0.15) is 12.3 Å². The van der Waals surface area contributed by atoms with E-state index in [0.29, 0.717) is 18.8 Å². The Morgan fingerprint density at radius 1 is 1.10 bits per heavy atom. The number of para-hydroxylation sites is 1. The van der Waals surface area contributed by atoms with E-state index in [1.807, 2.05) is 43.3 Å². The SMILES string of the molecule is CCNC(NC(=O)Nc1ccccc1)C(O)COC1COC(Cc2ccccc2)CO1. The average Bonchev–Trinajstić information content (AvgIpc) is 2.79. The zero-order chi connectivity index (χ0) is 21.9. The molecule has 4 atom stereocenters. The van der Waals surface area contributed by atoms with Crippen LogP contribution in [0.1, 0.15) is 12.5 Å². The molecule has 0 aromatic heterocycles. The fourth-order valence-corrected chi connectivity index (χ4v) is 3.25. The second-order valence-corrected chi connectivity index (χ2v) is 7.31. The van der Waals surface area contributed by atoms with E-state index >= 15 is 0 Å². The second kappa shape index (κ2) is 12.4. The molecule has 2 aromatic rings. The zero-order valence-corrected chi connectivity index (χ0v) is 17.7. The largest absolute Gasteiger partial charge is 0.387 e. The van der Waals surface area contributed by atoms with Crippen LogP contribution in [0.2, 0.25) is 0 Å². The van der Waals surface area contributed by atoms with E-state index in [4.69, 9.17) is 14.2 Å². The summed E-state index contributed by atoms with van der Waals surface area (Å²) in [4.78, 5) is 12.2. The highest BCUT2D eigenvalue weighted by atomic mass is 16.7. The van der Waals surface area contributed by atoms with Gasteiger partial charge in [0.2, 0.25) is 0 Å². The minimum Gasteiger partial charge on any atom is -0.387 e. The standard InChI is InChI=1S/C23H31N3O5/c1-2-24-22(26-23(28)25-18-11-7-4-8-12-18)20(27)15-31-21-16-29-19(14-30-21)13-17-9-5-3-6-10-17/h3-12,19-22,24,27H,2,13-16H2,1H3,(H2,25,26,28). The van der Waals surface area contributed by atoms with Crippen LogP contribution >= 0.6 is 0 Å². The summed E-state index contributed by atoms with van der Waals surface area (Å²) < 4.78 is 17.2. The van der Waals surface area contributed by atoms with Gasteiger partial charge in [0.05, 0.1) is 25.9 Å². The summed E-state index contributed by atoms with van der Waals surface area (Å²) in [5.74, 6) is 0. The average molecular weight is 430 g/mol. The van der Waals surface area contributed by atoms with Crippen LogP contribution in [0.15, 0.2) is 60.7 Å². The van der Waals surface area contributed by atoms with Crippen molar-refractivity contribution in [2.24, 2.45) is 0 Å². The molecule has 2 aromatic carbocycles. The fourth-order valence-electron chi connectivity index (χ4n) is 3.25. The van der Waals surface area contributed by atoms with Gasteiger partial charge in [-0.2, -0.15) is 0 Å². The highest BCUT2D eigenvalue weighted by molar-refractivity contribution is 5.89. The third-order valence-electron chi connectivity index (χ3n) is 4.82. The Balaban J connectivity index is 1.39. The Bertz CT molecular complexity index is 769. The molecular weight excluding hydrogens is 398 g/mol. The first kappa shape index (κ1) is 23.2. The van der Waals surface area contributed by atoms with Crippen LogP contribution in [0.25, 0.3) is 0 Å². The van der Waals surface area contributed by atoms with Crippen molar-refractivity contribution in [3.05, 3.63) is 66.2 Å². The third kappa shape index (κ3) is 7.93. The molecule has 1 aliphatic heterocycles. The topological polar surface area (TPSA) is 101 Å². The first-order chi connectivity index (χ1) is 15.1. The fraction of sp³-hybridized carbons (Fsp3) is 0.435. The number of anilines is 1. The van der Waals surface area contributed by atoms with Crippen molar-refractivity contribution < 1.29 is 24.1 Å². The first-order valence-electron chi connectivity index (χ1n) is 10.6. The van der Waals surface area contributed by atoms with Gasteiger partial charge in [0.25, 0.3) is 0 Å². The van der Waals surface area contributed by atoms with Crippen LogP contribution in [0.4, 0.5) is 10.5 Å². The number of benzene rings is 2. The molecule has 8 nitrogen and oxygen atoms in total. The van der Waals surface area contributed by atoms with Crippen LogP contribution in [-0.2, 0) is 20.6 Å². The summed E-state index contributed by atoms with van der Waals surface area (Å²) in [5, 5.41) is 19.0. The maximum Gasteiger partial charge on any atom is 0.320 e. The molecule has 3 rings (SSSR count). The summed E-state index contributed by atoms with van der Waals surface area (Å²) in [7, 11) is 0.